The van der Waals surface area contributed by atoms with Crippen LogP contribution in [0.3, 0.4) is 0 Å². The maximum Gasteiger partial charge on any atom is 0.307 e. The molecule has 0 fully saturated rings. The number of esters is 1. The Hall–Kier alpha value is -3.02. The number of benzene rings is 2. The van der Waals surface area contributed by atoms with E-state index in [1.807, 2.05) is 18.2 Å². The fraction of sp³-hybridized carbons (Fsp3) is 0.348. The number of ketones is 1. The van der Waals surface area contributed by atoms with Crippen molar-refractivity contribution in [3.63, 3.8) is 0 Å². The topological polar surface area (TPSA) is 72.5 Å². The van der Waals surface area contributed by atoms with Crippen molar-refractivity contribution in [2.75, 3.05) is 5.32 Å². The Morgan fingerprint density at radius 3 is 2.52 bits per heavy atom. The molecule has 3 rings (SSSR count). The number of rotatable bonds is 7. The van der Waals surface area contributed by atoms with Gasteiger partial charge in [0.1, 0.15) is 5.82 Å². The molecule has 152 valence electrons. The maximum absolute atomic E-state index is 13.6. The Bertz CT molecular complexity index is 925. The summed E-state index contributed by atoms with van der Waals surface area (Å²) >= 11 is 0. The normalized spacial score (nSPS) is 13.9. The zero-order chi connectivity index (χ0) is 20.8. The average molecular weight is 397 g/mol. The van der Waals surface area contributed by atoms with Crippen LogP contribution in [0.15, 0.2) is 42.5 Å². The highest BCUT2D eigenvalue weighted by atomic mass is 19.1. The molecule has 1 unspecified atom stereocenters. The van der Waals surface area contributed by atoms with Gasteiger partial charge in [-0.2, -0.15) is 0 Å². The molecule has 1 aliphatic rings. The molecule has 0 saturated heterocycles. The van der Waals surface area contributed by atoms with Gasteiger partial charge in [-0.05, 0) is 61.9 Å². The van der Waals surface area contributed by atoms with Crippen molar-refractivity contribution in [2.24, 2.45) is 0 Å². The molecule has 2 aromatic rings. The number of aryl methyl sites for hydroxylation is 2. The van der Waals surface area contributed by atoms with Gasteiger partial charge in [-0.15, -0.1) is 0 Å². The Labute approximate surface area is 169 Å². The highest BCUT2D eigenvalue weighted by molar-refractivity contribution is 5.98. The van der Waals surface area contributed by atoms with E-state index in [0.717, 1.165) is 19.3 Å². The molecule has 0 radical (unpaired) electrons. The van der Waals surface area contributed by atoms with Crippen LogP contribution in [-0.2, 0) is 27.2 Å². The number of anilines is 1. The van der Waals surface area contributed by atoms with Crippen molar-refractivity contribution in [3.8, 4) is 0 Å². The Balaban J connectivity index is 1.48. The summed E-state index contributed by atoms with van der Waals surface area (Å²) in [5, 5.41) is 2.38. The van der Waals surface area contributed by atoms with E-state index >= 15 is 0 Å². The van der Waals surface area contributed by atoms with E-state index in [9.17, 15) is 18.8 Å². The lowest BCUT2D eigenvalue weighted by atomic mass is 9.89. The average Bonchev–Trinajstić information content (AvgIpc) is 2.73. The molecular formula is C23H24FNO4. The third-order valence-electron chi connectivity index (χ3n) is 5.04. The Morgan fingerprint density at radius 1 is 1.03 bits per heavy atom. The van der Waals surface area contributed by atoms with Gasteiger partial charge < -0.3 is 10.1 Å². The van der Waals surface area contributed by atoms with Crippen LogP contribution in [0.4, 0.5) is 10.1 Å². The van der Waals surface area contributed by atoms with Crippen LogP contribution in [0.25, 0.3) is 0 Å². The van der Waals surface area contributed by atoms with Crippen LogP contribution >= 0.6 is 0 Å². The number of amides is 1. The maximum atomic E-state index is 13.6. The largest absolute Gasteiger partial charge is 0.453 e. The fourth-order valence-electron chi connectivity index (χ4n) is 3.37. The molecule has 2 aromatic carbocycles. The van der Waals surface area contributed by atoms with Crippen molar-refractivity contribution in [3.05, 3.63) is 65.0 Å². The van der Waals surface area contributed by atoms with Crippen molar-refractivity contribution < 1.29 is 23.5 Å². The fourth-order valence-corrected chi connectivity index (χ4v) is 3.37. The number of fused-ring (bicyclic) bond motifs is 1. The summed E-state index contributed by atoms with van der Waals surface area (Å²) in [6.45, 7) is 1.40. The van der Waals surface area contributed by atoms with Crippen LogP contribution in [0.2, 0.25) is 0 Å². The summed E-state index contributed by atoms with van der Waals surface area (Å²) in [6.07, 6.45) is 3.13. The molecule has 5 nitrogen and oxygen atoms in total. The van der Waals surface area contributed by atoms with E-state index < -0.39 is 23.8 Å². The number of hydrogen-bond acceptors (Lipinski definition) is 4. The summed E-state index contributed by atoms with van der Waals surface area (Å²) < 4.78 is 18.7. The molecule has 29 heavy (non-hydrogen) atoms. The lowest BCUT2D eigenvalue weighted by molar-refractivity contribution is -0.153. The summed E-state index contributed by atoms with van der Waals surface area (Å²) in [4.78, 5) is 36.5. The number of nitrogens with one attached hydrogen (secondary N) is 1. The van der Waals surface area contributed by atoms with Gasteiger partial charge >= 0.3 is 5.97 Å². The molecule has 0 spiro atoms. The lowest BCUT2D eigenvalue weighted by Gasteiger charge is -2.16. The van der Waals surface area contributed by atoms with Gasteiger partial charge in [-0.3, -0.25) is 14.4 Å². The molecule has 1 aliphatic carbocycles. The molecule has 1 amide bonds. The molecule has 6 heteroatoms. The minimum absolute atomic E-state index is 0.0132. The van der Waals surface area contributed by atoms with Crippen LogP contribution in [0.1, 0.15) is 54.1 Å². The van der Waals surface area contributed by atoms with Gasteiger partial charge in [0.25, 0.3) is 5.91 Å². The third-order valence-corrected chi connectivity index (χ3v) is 5.04. The van der Waals surface area contributed by atoms with E-state index in [0.29, 0.717) is 5.56 Å². The first kappa shape index (κ1) is 20.7. The molecule has 0 aliphatic heterocycles. The van der Waals surface area contributed by atoms with Gasteiger partial charge in [-0.1, -0.05) is 24.3 Å². The van der Waals surface area contributed by atoms with Crippen LogP contribution in [0, 0.1) is 5.82 Å². The first-order chi connectivity index (χ1) is 13.9. The SMILES string of the molecule is CC(OC(=O)CCC(=O)c1ccc2c(c1)CCCC2)C(=O)Nc1ccccc1F. The van der Waals surface area contributed by atoms with E-state index in [1.165, 1.54) is 42.7 Å². The second-order valence-electron chi connectivity index (χ2n) is 7.21. The lowest BCUT2D eigenvalue weighted by Crippen LogP contribution is -2.30. The van der Waals surface area contributed by atoms with E-state index in [2.05, 4.69) is 5.32 Å². The van der Waals surface area contributed by atoms with Crippen LogP contribution in [-0.4, -0.2) is 23.8 Å². The number of hydrogen-bond donors (Lipinski definition) is 1. The second kappa shape index (κ2) is 9.45. The highest BCUT2D eigenvalue weighted by Gasteiger charge is 2.20. The molecule has 1 N–H and O–H groups in total. The molecule has 0 aromatic heterocycles. The standard InChI is InChI=1S/C23H24FNO4/c1-15(23(28)25-20-9-5-4-8-19(20)24)29-22(27)13-12-21(26)18-11-10-16-6-2-3-7-17(16)14-18/h4-5,8-11,14-15H,2-3,6-7,12-13H2,1H3,(H,25,28). The zero-order valence-electron chi connectivity index (χ0n) is 16.4. The number of Topliss-reactive ketones (excluding diaryl/α,β-unsaturated/α-hetero) is 1. The highest BCUT2D eigenvalue weighted by Crippen LogP contribution is 2.23. The Morgan fingerprint density at radius 2 is 1.76 bits per heavy atom. The number of ether oxygens (including phenoxy) is 1. The zero-order valence-corrected chi connectivity index (χ0v) is 16.4. The van der Waals surface area contributed by atoms with E-state index in [4.69, 9.17) is 4.74 Å². The van der Waals surface area contributed by atoms with Crippen molar-refractivity contribution >= 4 is 23.3 Å². The number of halogens is 1. The molecule has 1 atom stereocenters. The predicted molar refractivity (Wildman–Crippen MR) is 107 cm³/mol. The van der Waals surface area contributed by atoms with Crippen LogP contribution < -0.4 is 5.32 Å². The minimum Gasteiger partial charge on any atom is -0.453 e. The number of carbonyl (C=O) groups excluding carboxylic acids is 3. The van der Waals surface area contributed by atoms with Crippen molar-refractivity contribution in [1.82, 2.24) is 0 Å². The third kappa shape index (κ3) is 5.50. The van der Waals surface area contributed by atoms with Gasteiger partial charge in [0.05, 0.1) is 12.1 Å². The first-order valence-corrected chi connectivity index (χ1v) is 9.84. The van der Waals surface area contributed by atoms with Crippen molar-refractivity contribution in [2.45, 2.75) is 51.6 Å². The minimum atomic E-state index is -1.10. The van der Waals surface area contributed by atoms with Gasteiger partial charge in [0, 0.05) is 12.0 Å². The van der Waals surface area contributed by atoms with E-state index in [-0.39, 0.29) is 24.3 Å². The van der Waals surface area contributed by atoms with Gasteiger partial charge in [0.15, 0.2) is 11.9 Å². The summed E-state index contributed by atoms with van der Waals surface area (Å²) in [5.41, 5.74) is 3.12. The number of carbonyl (C=O) groups is 3. The summed E-state index contributed by atoms with van der Waals surface area (Å²) in [5.74, 6) is -1.98. The molecule has 0 saturated carbocycles. The quantitative estimate of drug-likeness (QED) is 0.560. The summed E-state index contributed by atoms with van der Waals surface area (Å²) in [6, 6.07) is 11.5. The molecular weight excluding hydrogens is 373 g/mol. The number of para-hydroxylation sites is 1. The van der Waals surface area contributed by atoms with Gasteiger partial charge in [-0.25, -0.2) is 4.39 Å². The van der Waals surface area contributed by atoms with E-state index in [1.54, 1.807) is 6.07 Å². The first-order valence-electron chi connectivity index (χ1n) is 9.84. The van der Waals surface area contributed by atoms with Crippen molar-refractivity contribution in [1.29, 1.82) is 0 Å². The summed E-state index contributed by atoms with van der Waals surface area (Å²) in [7, 11) is 0. The van der Waals surface area contributed by atoms with Gasteiger partial charge in [0.2, 0.25) is 0 Å². The van der Waals surface area contributed by atoms with Crippen LogP contribution in [0.5, 0.6) is 0 Å². The second-order valence-corrected chi connectivity index (χ2v) is 7.21. The molecule has 0 bridgehead atoms. The monoisotopic (exact) mass is 397 g/mol. The smallest absolute Gasteiger partial charge is 0.307 e. The predicted octanol–water partition coefficient (Wildman–Crippen LogP) is 4.24. The Kier molecular flexibility index (Phi) is 6.75. The molecule has 0 heterocycles.